The first-order valence-electron chi connectivity index (χ1n) is 7.04. The molecule has 20 heavy (non-hydrogen) atoms. The highest BCUT2D eigenvalue weighted by Gasteiger charge is 2.35. The molecule has 1 heterocycles. The van der Waals surface area contributed by atoms with Crippen LogP contribution in [0, 0.1) is 0 Å². The zero-order valence-corrected chi connectivity index (χ0v) is 12.4. The number of carbonyl (C=O) groups is 1. The van der Waals surface area contributed by atoms with E-state index in [1.54, 1.807) is 19.2 Å². The van der Waals surface area contributed by atoms with Crippen molar-refractivity contribution >= 4 is 11.7 Å². The molecule has 1 amide bonds. The van der Waals surface area contributed by atoms with E-state index in [1.165, 1.54) is 25.7 Å². The van der Waals surface area contributed by atoms with Crippen LogP contribution < -0.4 is 10.6 Å². The second-order valence-electron chi connectivity index (χ2n) is 5.56. The van der Waals surface area contributed by atoms with Gasteiger partial charge in [-0.1, -0.05) is 12.8 Å². The predicted octanol–water partition coefficient (Wildman–Crippen LogP) is 1.12. The van der Waals surface area contributed by atoms with Crippen LogP contribution in [0.5, 0.6) is 0 Å². The number of carbonyl (C=O) groups excluding carboxylic acids is 1. The van der Waals surface area contributed by atoms with E-state index < -0.39 is 0 Å². The van der Waals surface area contributed by atoms with Gasteiger partial charge < -0.3 is 15.5 Å². The Labute approximate surface area is 120 Å². The molecular formula is C14H23N5O. The highest BCUT2D eigenvalue weighted by molar-refractivity contribution is 5.91. The number of nitrogens with zero attached hydrogens (tertiary/aromatic N) is 3. The Morgan fingerprint density at radius 2 is 2.00 bits per heavy atom. The van der Waals surface area contributed by atoms with E-state index in [1.807, 2.05) is 0 Å². The molecule has 2 N–H and O–H groups in total. The number of anilines is 1. The average molecular weight is 277 g/mol. The molecule has 1 aliphatic rings. The first kappa shape index (κ1) is 14.7. The zero-order valence-electron chi connectivity index (χ0n) is 12.4. The van der Waals surface area contributed by atoms with E-state index in [4.69, 9.17) is 0 Å². The number of rotatable bonds is 5. The smallest absolute Gasteiger partial charge is 0.271 e. The highest BCUT2D eigenvalue weighted by Crippen LogP contribution is 2.33. The third-order valence-corrected chi connectivity index (χ3v) is 4.21. The largest absolute Gasteiger partial charge is 0.367 e. The molecule has 1 aliphatic carbocycles. The van der Waals surface area contributed by atoms with E-state index in [9.17, 15) is 4.79 Å². The van der Waals surface area contributed by atoms with Crippen LogP contribution in [0.3, 0.4) is 0 Å². The lowest BCUT2D eigenvalue weighted by atomic mass is 9.96. The molecule has 110 valence electrons. The Balaban J connectivity index is 1.98. The van der Waals surface area contributed by atoms with Crippen molar-refractivity contribution in [1.82, 2.24) is 20.4 Å². The summed E-state index contributed by atoms with van der Waals surface area (Å²) in [5.74, 6) is 0.496. The van der Waals surface area contributed by atoms with E-state index >= 15 is 0 Å². The van der Waals surface area contributed by atoms with Gasteiger partial charge in [-0.25, -0.2) is 0 Å². The molecule has 2 rings (SSSR count). The van der Waals surface area contributed by atoms with Crippen molar-refractivity contribution in [2.75, 3.05) is 33.0 Å². The fourth-order valence-electron chi connectivity index (χ4n) is 2.75. The van der Waals surface area contributed by atoms with Gasteiger partial charge in [0.15, 0.2) is 5.69 Å². The van der Waals surface area contributed by atoms with Gasteiger partial charge in [-0.2, -0.15) is 0 Å². The molecule has 0 unspecified atom stereocenters. The van der Waals surface area contributed by atoms with Gasteiger partial charge in [0.25, 0.3) is 5.91 Å². The number of likely N-dealkylation sites (N-methyl/N-ethyl adjacent to an activating group) is 1. The van der Waals surface area contributed by atoms with Gasteiger partial charge in [0, 0.05) is 19.1 Å². The van der Waals surface area contributed by atoms with E-state index in [2.05, 4.69) is 39.8 Å². The highest BCUT2D eigenvalue weighted by atomic mass is 16.1. The lowest BCUT2D eigenvalue weighted by molar-refractivity contribution is 0.0957. The fraction of sp³-hybridized carbons (Fsp3) is 0.643. The van der Waals surface area contributed by atoms with Crippen molar-refractivity contribution in [2.45, 2.75) is 31.2 Å². The van der Waals surface area contributed by atoms with Gasteiger partial charge in [0.2, 0.25) is 0 Å². The zero-order chi connectivity index (χ0) is 14.6. The Bertz CT molecular complexity index is 451. The molecule has 0 spiro atoms. The van der Waals surface area contributed by atoms with Gasteiger partial charge in [-0.3, -0.25) is 4.79 Å². The minimum atomic E-state index is -0.218. The average Bonchev–Trinajstić information content (AvgIpc) is 2.95. The van der Waals surface area contributed by atoms with Crippen LogP contribution in [0.2, 0.25) is 0 Å². The van der Waals surface area contributed by atoms with Crippen molar-refractivity contribution in [3.8, 4) is 0 Å². The molecule has 1 aromatic heterocycles. The van der Waals surface area contributed by atoms with Crippen LogP contribution in [-0.2, 0) is 0 Å². The molecular weight excluding hydrogens is 254 g/mol. The van der Waals surface area contributed by atoms with E-state index in [0.29, 0.717) is 11.5 Å². The van der Waals surface area contributed by atoms with Crippen molar-refractivity contribution in [3.05, 3.63) is 17.8 Å². The second kappa shape index (κ2) is 6.17. The van der Waals surface area contributed by atoms with Gasteiger partial charge in [0.1, 0.15) is 5.82 Å². The number of hydrogen-bond acceptors (Lipinski definition) is 5. The summed E-state index contributed by atoms with van der Waals surface area (Å²) in [6, 6.07) is 3.49. The van der Waals surface area contributed by atoms with Crippen LogP contribution in [0.4, 0.5) is 5.82 Å². The van der Waals surface area contributed by atoms with E-state index in [-0.39, 0.29) is 11.4 Å². The Kier molecular flexibility index (Phi) is 4.54. The Morgan fingerprint density at radius 1 is 1.30 bits per heavy atom. The summed E-state index contributed by atoms with van der Waals surface area (Å²) in [6.07, 6.45) is 4.97. The third kappa shape index (κ3) is 3.07. The summed E-state index contributed by atoms with van der Waals surface area (Å²) in [5, 5.41) is 13.9. The molecule has 0 saturated heterocycles. The Morgan fingerprint density at radius 3 is 2.50 bits per heavy atom. The molecule has 6 nitrogen and oxygen atoms in total. The van der Waals surface area contributed by atoms with Gasteiger partial charge in [-0.15, -0.1) is 10.2 Å². The standard InChI is InChI=1S/C14H23N5O/c1-15-13(20)11-6-7-12(18-17-11)16-10-14(19(2)3)8-4-5-9-14/h6-7H,4-5,8-10H2,1-3H3,(H,15,20)(H,16,18). The van der Waals surface area contributed by atoms with Gasteiger partial charge in [0.05, 0.1) is 0 Å². The van der Waals surface area contributed by atoms with Crippen molar-refractivity contribution in [3.63, 3.8) is 0 Å². The molecule has 0 atom stereocenters. The minimum Gasteiger partial charge on any atom is -0.367 e. The number of nitrogens with one attached hydrogen (secondary N) is 2. The Hall–Kier alpha value is -1.69. The molecule has 0 aliphatic heterocycles. The maximum absolute atomic E-state index is 11.4. The first-order valence-corrected chi connectivity index (χ1v) is 7.04. The molecule has 1 fully saturated rings. The molecule has 0 bridgehead atoms. The lowest BCUT2D eigenvalue weighted by Crippen LogP contribution is -2.47. The number of aromatic nitrogens is 2. The summed E-state index contributed by atoms with van der Waals surface area (Å²) in [5.41, 5.74) is 0.544. The topological polar surface area (TPSA) is 70.2 Å². The van der Waals surface area contributed by atoms with Crippen LogP contribution in [0.1, 0.15) is 36.2 Å². The van der Waals surface area contributed by atoms with Crippen LogP contribution in [-0.4, -0.2) is 54.2 Å². The summed E-state index contributed by atoms with van der Waals surface area (Å²) < 4.78 is 0. The maximum atomic E-state index is 11.4. The predicted molar refractivity (Wildman–Crippen MR) is 78.8 cm³/mol. The quantitative estimate of drug-likeness (QED) is 0.844. The first-order chi connectivity index (χ1) is 9.57. The SMILES string of the molecule is CNC(=O)c1ccc(NCC2(N(C)C)CCCC2)nn1. The minimum absolute atomic E-state index is 0.209. The van der Waals surface area contributed by atoms with Crippen LogP contribution >= 0.6 is 0 Å². The molecule has 1 aromatic rings. The second-order valence-corrected chi connectivity index (χ2v) is 5.56. The summed E-state index contributed by atoms with van der Waals surface area (Å²) in [4.78, 5) is 13.7. The summed E-state index contributed by atoms with van der Waals surface area (Å²) >= 11 is 0. The van der Waals surface area contributed by atoms with Crippen molar-refractivity contribution in [2.24, 2.45) is 0 Å². The summed E-state index contributed by atoms with van der Waals surface area (Å²) in [7, 11) is 5.85. The van der Waals surface area contributed by atoms with Crippen LogP contribution in [0.15, 0.2) is 12.1 Å². The lowest BCUT2D eigenvalue weighted by Gasteiger charge is -2.36. The normalized spacial score (nSPS) is 17.2. The third-order valence-electron chi connectivity index (χ3n) is 4.21. The molecule has 0 aromatic carbocycles. The summed E-state index contributed by atoms with van der Waals surface area (Å²) in [6.45, 7) is 0.855. The molecule has 1 saturated carbocycles. The van der Waals surface area contributed by atoms with Gasteiger partial charge >= 0.3 is 0 Å². The maximum Gasteiger partial charge on any atom is 0.271 e. The molecule has 6 heteroatoms. The van der Waals surface area contributed by atoms with E-state index in [0.717, 1.165) is 6.54 Å². The fourth-order valence-corrected chi connectivity index (χ4v) is 2.75. The monoisotopic (exact) mass is 277 g/mol. The van der Waals surface area contributed by atoms with Gasteiger partial charge in [-0.05, 0) is 39.1 Å². The molecule has 0 radical (unpaired) electrons. The van der Waals surface area contributed by atoms with Crippen molar-refractivity contribution in [1.29, 1.82) is 0 Å². The van der Waals surface area contributed by atoms with Crippen molar-refractivity contribution < 1.29 is 4.79 Å². The number of hydrogen-bond donors (Lipinski definition) is 2. The number of amides is 1. The van der Waals surface area contributed by atoms with Crippen LogP contribution in [0.25, 0.3) is 0 Å².